The van der Waals surface area contributed by atoms with E-state index < -0.39 is 12.0 Å². The Morgan fingerprint density at radius 2 is 1.85 bits per heavy atom. The molecule has 0 radical (unpaired) electrons. The Hall–Kier alpha value is -4.42. The van der Waals surface area contributed by atoms with E-state index in [9.17, 15) is 14.4 Å². The molecular formula is C34H39N3O8S. The van der Waals surface area contributed by atoms with E-state index in [0.717, 1.165) is 6.42 Å². The third kappa shape index (κ3) is 7.18. The van der Waals surface area contributed by atoms with Crippen molar-refractivity contribution in [2.45, 2.75) is 39.7 Å². The van der Waals surface area contributed by atoms with Crippen LogP contribution in [0.4, 0.5) is 0 Å². The van der Waals surface area contributed by atoms with Crippen molar-refractivity contribution >= 4 is 29.3 Å². The Morgan fingerprint density at radius 1 is 1.04 bits per heavy atom. The molecule has 0 aliphatic carbocycles. The van der Waals surface area contributed by atoms with Gasteiger partial charge in [0.25, 0.3) is 11.5 Å². The maximum Gasteiger partial charge on any atom is 0.338 e. The van der Waals surface area contributed by atoms with Crippen LogP contribution in [0.5, 0.6) is 17.2 Å². The minimum Gasteiger partial charge on any atom is -0.497 e. The number of morpholine rings is 1. The van der Waals surface area contributed by atoms with Gasteiger partial charge in [0.2, 0.25) is 0 Å². The van der Waals surface area contributed by atoms with Crippen LogP contribution in [0.25, 0.3) is 6.08 Å². The lowest BCUT2D eigenvalue weighted by atomic mass is 9.94. The highest BCUT2D eigenvalue weighted by molar-refractivity contribution is 7.07. The molecule has 0 saturated carbocycles. The predicted molar refractivity (Wildman–Crippen MR) is 173 cm³/mol. The lowest BCUT2D eigenvalue weighted by Gasteiger charge is -2.26. The van der Waals surface area contributed by atoms with Gasteiger partial charge >= 0.3 is 5.97 Å². The molecule has 2 aliphatic heterocycles. The molecule has 1 fully saturated rings. The Morgan fingerprint density at radius 3 is 2.57 bits per heavy atom. The van der Waals surface area contributed by atoms with Crippen LogP contribution in [0.15, 0.2) is 63.5 Å². The molecule has 46 heavy (non-hydrogen) atoms. The van der Waals surface area contributed by atoms with Crippen LogP contribution in [0.2, 0.25) is 0 Å². The molecule has 0 spiro atoms. The number of fused-ring (bicyclic) bond motifs is 1. The van der Waals surface area contributed by atoms with Gasteiger partial charge in [-0.1, -0.05) is 42.9 Å². The van der Waals surface area contributed by atoms with E-state index in [2.05, 4.69) is 0 Å². The SMILES string of the molecule is CCCC1=C(C(=O)OCC)[C@H](c2cccc(OC)c2)n2c(s/c(=C/c3ccc(OCC(=O)N4CCOCC4)c(OCC)c3)c2=O)=N1. The van der Waals surface area contributed by atoms with Crippen molar-refractivity contribution in [1.82, 2.24) is 9.47 Å². The highest BCUT2D eigenvalue weighted by Crippen LogP contribution is 2.34. The fourth-order valence-electron chi connectivity index (χ4n) is 5.44. The number of esters is 1. The van der Waals surface area contributed by atoms with Crippen molar-refractivity contribution in [3.05, 3.63) is 84.5 Å². The molecule has 1 aromatic heterocycles. The van der Waals surface area contributed by atoms with Gasteiger partial charge in [-0.3, -0.25) is 14.2 Å². The van der Waals surface area contributed by atoms with Gasteiger partial charge in [-0.25, -0.2) is 9.79 Å². The van der Waals surface area contributed by atoms with E-state index in [4.69, 9.17) is 28.7 Å². The Kier molecular flexibility index (Phi) is 10.9. The van der Waals surface area contributed by atoms with Gasteiger partial charge in [0.15, 0.2) is 22.9 Å². The second-order valence-corrected chi connectivity index (χ2v) is 11.6. The zero-order valence-electron chi connectivity index (χ0n) is 26.6. The highest BCUT2D eigenvalue weighted by atomic mass is 32.1. The third-order valence-corrected chi connectivity index (χ3v) is 8.56. The minimum atomic E-state index is -0.743. The lowest BCUT2D eigenvalue weighted by Crippen LogP contribution is -2.43. The van der Waals surface area contributed by atoms with E-state index in [1.165, 1.54) is 11.3 Å². The summed E-state index contributed by atoms with van der Waals surface area (Å²) in [5.41, 5.74) is 2.08. The summed E-state index contributed by atoms with van der Waals surface area (Å²) >= 11 is 1.25. The zero-order valence-corrected chi connectivity index (χ0v) is 27.4. The third-order valence-electron chi connectivity index (χ3n) is 7.58. The first-order valence-electron chi connectivity index (χ1n) is 15.5. The number of nitrogens with zero attached hydrogens (tertiary/aromatic N) is 3. The molecule has 3 heterocycles. The number of amides is 1. The Labute approximate surface area is 271 Å². The number of methoxy groups -OCH3 is 1. The molecule has 1 saturated heterocycles. The van der Waals surface area contributed by atoms with Gasteiger partial charge in [0, 0.05) is 13.1 Å². The fourth-order valence-corrected chi connectivity index (χ4v) is 6.46. The molecule has 0 unspecified atom stereocenters. The quantitative estimate of drug-likeness (QED) is 0.275. The highest BCUT2D eigenvalue weighted by Gasteiger charge is 2.34. The Bertz CT molecular complexity index is 1790. The number of aromatic nitrogens is 1. The summed E-state index contributed by atoms with van der Waals surface area (Å²) in [4.78, 5) is 47.2. The standard InChI is InChI=1S/C34H39N3O8S/c1-5-9-25-30(33(40)44-7-3)31(23-10-8-11-24(20-23)41-4)37-32(39)28(46-34(37)35-25)19-22-12-13-26(27(18-22)43-6-2)45-21-29(38)36-14-16-42-17-15-36/h8,10-13,18-20,31H,5-7,9,14-17,21H2,1-4H3/b28-19+/t31-/m0/s1. The summed E-state index contributed by atoms with van der Waals surface area (Å²) in [6.07, 6.45) is 3.08. The molecule has 2 aromatic carbocycles. The van der Waals surface area contributed by atoms with Crippen molar-refractivity contribution in [3.8, 4) is 17.2 Å². The second kappa shape index (κ2) is 15.2. The monoisotopic (exact) mass is 649 g/mol. The molecule has 1 amide bonds. The molecular weight excluding hydrogens is 610 g/mol. The van der Waals surface area contributed by atoms with Crippen molar-refractivity contribution in [3.63, 3.8) is 0 Å². The van der Waals surface area contributed by atoms with Crippen molar-refractivity contribution in [2.75, 3.05) is 53.2 Å². The topological polar surface area (TPSA) is 118 Å². The second-order valence-electron chi connectivity index (χ2n) is 10.6. The smallest absolute Gasteiger partial charge is 0.338 e. The van der Waals surface area contributed by atoms with Crippen LogP contribution < -0.4 is 29.1 Å². The maximum atomic E-state index is 14.1. The van der Waals surface area contributed by atoms with E-state index in [1.54, 1.807) is 47.8 Å². The van der Waals surface area contributed by atoms with Gasteiger partial charge in [-0.15, -0.1) is 0 Å². The van der Waals surface area contributed by atoms with Crippen LogP contribution in [0, 0.1) is 0 Å². The minimum absolute atomic E-state index is 0.119. The Balaban J connectivity index is 1.55. The number of rotatable bonds is 12. The predicted octanol–water partition coefficient (Wildman–Crippen LogP) is 3.22. The molecule has 0 bridgehead atoms. The first-order valence-corrected chi connectivity index (χ1v) is 16.3. The molecule has 3 aromatic rings. The van der Waals surface area contributed by atoms with Crippen LogP contribution in [-0.4, -0.2) is 74.6 Å². The first-order chi connectivity index (χ1) is 22.4. The molecule has 11 nitrogen and oxygen atoms in total. The number of thiazole rings is 1. The summed E-state index contributed by atoms with van der Waals surface area (Å²) in [5.74, 6) is 0.882. The van der Waals surface area contributed by atoms with Gasteiger partial charge in [0.1, 0.15) is 5.75 Å². The summed E-state index contributed by atoms with van der Waals surface area (Å²) in [5, 5.41) is 0. The number of carbonyl (C=O) groups excluding carboxylic acids is 2. The summed E-state index contributed by atoms with van der Waals surface area (Å²) < 4.78 is 30.0. The normalized spacial score (nSPS) is 16.5. The molecule has 1 atom stereocenters. The molecule has 244 valence electrons. The van der Waals surface area contributed by atoms with E-state index in [1.807, 2.05) is 38.1 Å². The number of allylic oxidation sites excluding steroid dienone is 1. The van der Waals surface area contributed by atoms with E-state index >= 15 is 0 Å². The largest absolute Gasteiger partial charge is 0.497 e. The number of hydrogen-bond acceptors (Lipinski definition) is 10. The van der Waals surface area contributed by atoms with Crippen LogP contribution in [0.3, 0.4) is 0 Å². The summed E-state index contributed by atoms with van der Waals surface area (Å²) in [6.45, 7) is 8.20. The van der Waals surface area contributed by atoms with Gasteiger partial charge in [-0.05, 0) is 61.7 Å². The van der Waals surface area contributed by atoms with Gasteiger partial charge in [0.05, 0.1) is 55.4 Å². The maximum absolute atomic E-state index is 14.1. The zero-order chi connectivity index (χ0) is 32.6. The number of ether oxygens (including phenoxy) is 5. The molecule has 2 aliphatic rings. The van der Waals surface area contributed by atoms with Crippen LogP contribution in [0.1, 0.15) is 50.8 Å². The fraction of sp³-hybridized carbons (Fsp3) is 0.412. The lowest BCUT2D eigenvalue weighted by molar-refractivity contribution is -0.139. The average Bonchev–Trinajstić information content (AvgIpc) is 3.38. The molecule has 0 N–H and O–H groups in total. The van der Waals surface area contributed by atoms with Crippen molar-refractivity contribution in [1.29, 1.82) is 0 Å². The molecule has 12 heteroatoms. The number of hydrogen-bond donors (Lipinski definition) is 0. The van der Waals surface area contributed by atoms with Crippen molar-refractivity contribution in [2.24, 2.45) is 4.99 Å². The van der Waals surface area contributed by atoms with E-state index in [0.29, 0.717) is 88.3 Å². The summed E-state index contributed by atoms with van der Waals surface area (Å²) in [7, 11) is 1.57. The van der Waals surface area contributed by atoms with Crippen molar-refractivity contribution < 1.29 is 33.3 Å². The van der Waals surface area contributed by atoms with Crippen LogP contribution >= 0.6 is 11.3 Å². The average molecular weight is 650 g/mol. The number of benzene rings is 2. The first kappa shape index (κ1) is 33.0. The van der Waals surface area contributed by atoms with Gasteiger partial charge in [-0.2, -0.15) is 0 Å². The van der Waals surface area contributed by atoms with Crippen LogP contribution in [-0.2, 0) is 19.1 Å². The molecule has 5 rings (SSSR count). The number of carbonyl (C=O) groups is 2. The summed E-state index contributed by atoms with van der Waals surface area (Å²) in [6, 6.07) is 11.9. The van der Waals surface area contributed by atoms with E-state index in [-0.39, 0.29) is 24.7 Å². The van der Waals surface area contributed by atoms with Gasteiger partial charge < -0.3 is 28.6 Å².